The fourth-order valence-corrected chi connectivity index (χ4v) is 1.44. The maximum atomic E-state index is 5.70. The molecule has 1 heterocycles. The van der Waals surface area contributed by atoms with E-state index < -0.39 is 0 Å². The van der Waals surface area contributed by atoms with Gasteiger partial charge in [-0.25, -0.2) is 4.98 Å². The quantitative estimate of drug-likeness (QED) is 0.729. The highest BCUT2D eigenvalue weighted by Gasteiger charge is 1.98. The first-order chi connectivity index (χ1) is 6.75. The standard InChI is InChI=1S/C11H13N3/c1-9-6-13-8-14(9)7-10-3-2-4-11(12)5-10/h2-6,8H,7,12H2,1H3. The summed E-state index contributed by atoms with van der Waals surface area (Å²) in [5.41, 5.74) is 8.87. The lowest BCUT2D eigenvalue weighted by Gasteiger charge is -2.05. The van der Waals surface area contributed by atoms with E-state index in [1.165, 1.54) is 5.56 Å². The van der Waals surface area contributed by atoms with E-state index in [1.807, 2.05) is 37.6 Å². The number of nitrogen functional groups attached to an aromatic ring is 1. The molecule has 0 aliphatic heterocycles. The summed E-state index contributed by atoms with van der Waals surface area (Å²) in [6.45, 7) is 2.87. The molecule has 3 nitrogen and oxygen atoms in total. The molecule has 72 valence electrons. The molecule has 0 bridgehead atoms. The van der Waals surface area contributed by atoms with E-state index in [9.17, 15) is 0 Å². The van der Waals surface area contributed by atoms with Crippen LogP contribution in [0.1, 0.15) is 11.3 Å². The van der Waals surface area contributed by atoms with Crippen molar-refractivity contribution in [2.24, 2.45) is 0 Å². The van der Waals surface area contributed by atoms with Gasteiger partial charge in [0.25, 0.3) is 0 Å². The molecule has 0 saturated heterocycles. The minimum atomic E-state index is 0.806. The van der Waals surface area contributed by atoms with Gasteiger partial charge in [0.15, 0.2) is 0 Å². The summed E-state index contributed by atoms with van der Waals surface area (Å²) < 4.78 is 2.09. The van der Waals surface area contributed by atoms with Crippen LogP contribution in [0.2, 0.25) is 0 Å². The fraction of sp³-hybridized carbons (Fsp3) is 0.182. The number of nitrogens with two attached hydrogens (primary N) is 1. The van der Waals surface area contributed by atoms with Crippen LogP contribution in [0.4, 0.5) is 5.69 Å². The van der Waals surface area contributed by atoms with E-state index in [-0.39, 0.29) is 0 Å². The summed E-state index contributed by atoms with van der Waals surface area (Å²) in [7, 11) is 0. The zero-order chi connectivity index (χ0) is 9.97. The Kier molecular flexibility index (Phi) is 2.23. The van der Waals surface area contributed by atoms with Crippen molar-refractivity contribution in [1.29, 1.82) is 0 Å². The van der Waals surface area contributed by atoms with Crippen molar-refractivity contribution in [2.45, 2.75) is 13.5 Å². The van der Waals surface area contributed by atoms with Gasteiger partial charge in [0.2, 0.25) is 0 Å². The van der Waals surface area contributed by atoms with Crippen molar-refractivity contribution < 1.29 is 0 Å². The van der Waals surface area contributed by atoms with Gasteiger partial charge in [0.1, 0.15) is 0 Å². The molecule has 0 atom stereocenters. The number of hydrogen-bond donors (Lipinski definition) is 1. The Morgan fingerprint density at radius 2 is 2.29 bits per heavy atom. The molecule has 0 aliphatic carbocycles. The first-order valence-electron chi connectivity index (χ1n) is 4.57. The predicted molar refractivity (Wildman–Crippen MR) is 56.9 cm³/mol. The van der Waals surface area contributed by atoms with Crippen LogP contribution in [-0.2, 0) is 6.54 Å². The normalized spacial score (nSPS) is 10.4. The van der Waals surface area contributed by atoms with E-state index in [0.717, 1.165) is 17.9 Å². The fourth-order valence-electron chi connectivity index (χ4n) is 1.44. The first-order valence-corrected chi connectivity index (χ1v) is 4.57. The molecule has 14 heavy (non-hydrogen) atoms. The number of aryl methyl sites for hydroxylation is 1. The lowest BCUT2D eigenvalue weighted by Crippen LogP contribution is -2.00. The number of imidazole rings is 1. The maximum Gasteiger partial charge on any atom is 0.0951 e. The van der Waals surface area contributed by atoms with Gasteiger partial charge >= 0.3 is 0 Å². The third-order valence-corrected chi connectivity index (χ3v) is 2.22. The Hall–Kier alpha value is -1.77. The molecule has 3 heteroatoms. The Morgan fingerprint density at radius 3 is 2.93 bits per heavy atom. The van der Waals surface area contributed by atoms with Crippen molar-refractivity contribution >= 4 is 5.69 Å². The molecule has 2 aromatic rings. The third-order valence-electron chi connectivity index (χ3n) is 2.22. The smallest absolute Gasteiger partial charge is 0.0951 e. The van der Waals surface area contributed by atoms with Crippen LogP contribution in [0.5, 0.6) is 0 Å². The van der Waals surface area contributed by atoms with Crippen LogP contribution in [0.25, 0.3) is 0 Å². The molecule has 1 aromatic carbocycles. The number of nitrogens with zero attached hydrogens (tertiary/aromatic N) is 2. The number of anilines is 1. The Balaban J connectivity index is 2.23. The minimum absolute atomic E-state index is 0.806. The summed E-state index contributed by atoms with van der Waals surface area (Å²) in [5, 5.41) is 0. The summed E-state index contributed by atoms with van der Waals surface area (Å²) in [5.74, 6) is 0. The van der Waals surface area contributed by atoms with Crippen LogP contribution in [-0.4, -0.2) is 9.55 Å². The molecular weight excluding hydrogens is 174 g/mol. The highest BCUT2D eigenvalue weighted by molar-refractivity contribution is 5.40. The van der Waals surface area contributed by atoms with Crippen LogP contribution in [0, 0.1) is 6.92 Å². The molecular formula is C11H13N3. The van der Waals surface area contributed by atoms with Gasteiger partial charge in [0, 0.05) is 24.1 Å². The number of rotatable bonds is 2. The molecule has 0 aliphatic rings. The molecule has 0 fully saturated rings. The molecule has 0 unspecified atom stereocenters. The number of aromatic nitrogens is 2. The van der Waals surface area contributed by atoms with Gasteiger partial charge in [-0.15, -0.1) is 0 Å². The minimum Gasteiger partial charge on any atom is -0.399 e. The van der Waals surface area contributed by atoms with E-state index >= 15 is 0 Å². The van der Waals surface area contributed by atoms with E-state index in [1.54, 1.807) is 0 Å². The summed E-state index contributed by atoms with van der Waals surface area (Å²) in [6, 6.07) is 7.91. The van der Waals surface area contributed by atoms with Crippen molar-refractivity contribution in [2.75, 3.05) is 5.73 Å². The third kappa shape index (κ3) is 1.76. The van der Waals surface area contributed by atoms with E-state index in [2.05, 4.69) is 15.6 Å². The monoisotopic (exact) mass is 187 g/mol. The van der Waals surface area contributed by atoms with Crippen molar-refractivity contribution in [3.8, 4) is 0 Å². The summed E-state index contributed by atoms with van der Waals surface area (Å²) >= 11 is 0. The average Bonchev–Trinajstić information content (AvgIpc) is 2.52. The molecule has 0 radical (unpaired) electrons. The Bertz CT molecular complexity index is 432. The van der Waals surface area contributed by atoms with Crippen LogP contribution >= 0.6 is 0 Å². The van der Waals surface area contributed by atoms with Crippen LogP contribution in [0.3, 0.4) is 0 Å². The van der Waals surface area contributed by atoms with Crippen LogP contribution < -0.4 is 5.73 Å². The lowest BCUT2D eigenvalue weighted by molar-refractivity contribution is 0.770. The van der Waals surface area contributed by atoms with Crippen LogP contribution in [0.15, 0.2) is 36.8 Å². The Labute approximate surface area is 83.2 Å². The van der Waals surface area contributed by atoms with E-state index in [0.29, 0.717) is 0 Å². The molecule has 0 saturated carbocycles. The van der Waals surface area contributed by atoms with Gasteiger partial charge in [-0.2, -0.15) is 0 Å². The van der Waals surface area contributed by atoms with Gasteiger partial charge in [-0.05, 0) is 24.6 Å². The molecule has 2 N–H and O–H groups in total. The van der Waals surface area contributed by atoms with Gasteiger partial charge in [-0.3, -0.25) is 0 Å². The second-order valence-corrected chi connectivity index (χ2v) is 3.41. The molecule has 0 amide bonds. The first kappa shape index (κ1) is 8.81. The zero-order valence-electron chi connectivity index (χ0n) is 8.14. The number of benzene rings is 1. The van der Waals surface area contributed by atoms with Gasteiger partial charge in [-0.1, -0.05) is 12.1 Å². The lowest BCUT2D eigenvalue weighted by atomic mass is 10.2. The van der Waals surface area contributed by atoms with Gasteiger partial charge in [0.05, 0.1) is 6.33 Å². The second kappa shape index (κ2) is 3.54. The summed E-state index contributed by atoms with van der Waals surface area (Å²) in [4.78, 5) is 4.07. The predicted octanol–water partition coefficient (Wildman–Crippen LogP) is 1.82. The molecule has 0 spiro atoms. The van der Waals surface area contributed by atoms with Crippen molar-refractivity contribution in [3.05, 3.63) is 48.0 Å². The number of hydrogen-bond acceptors (Lipinski definition) is 2. The average molecular weight is 187 g/mol. The van der Waals surface area contributed by atoms with E-state index in [4.69, 9.17) is 5.73 Å². The second-order valence-electron chi connectivity index (χ2n) is 3.41. The highest BCUT2D eigenvalue weighted by atomic mass is 15.0. The SMILES string of the molecule is Cc1cncn1Cc1cccc(N)c1. The molecule has 2 rings (SSSR count). The Morgan fingerprint density at radius 1 is 1.43 bits per heavy atom. The largest absolute Gasteiger partial charge is 0.399 e. The maximum absolute atomic E-state index is 5.70. The molecule has 1 aromatic heterocycles. The van der Waals surface area contributed by atoms with Crippen molar-refractivity contribution in [1.82, 2.24) is 9.55 Å². The summed E-state index contributed by atoms with van der Waals surface area (Å²) in [6.07, 6.45) is 3.69. The van der Waals surface area contributed by atoms with Gasteiger partial charge < -0.3 is 10.3 Å². The highest BCUT2D eigenvalue weighted by Crippen LogP contribution is 2.09. The topological polar surface area (TPSA) is 43.8 Å². The zero-order valence-corrected chi connectivity index (χ0v) is 8.14. The van der Waals surface area contributed by atoms with Crippen molar-refractivity contribution in [3.63, 3.8) is 0 Å².